The lowest BCUT2D eigenvalue weighted by Crippen LogP contribution is -2.24. The maximum atomic E-state index is 6.20. The van der Waals surface area contributed by atoms with Crippen LogP contribution in [-0.4, -0.2) is 22.8 Å². The van der Waals surface area contributed by atoms with Gasteiger partial charge >= 0.3 is 0 Å². The van der Waals surface area contributed by atoms with Crippen molar-refractivity contribution in [2.75, 3.05) is 13.2 Å². The van der Waals surface area contributed by atoms with Crippen LogP contribution in [0.15, 0.2) is 25.2 Å². The van der Waals surface area contributed by atoms with E-state index in [4.69, 9.17) is 10.5 Å². The Hall–Kier alpha value is -1.13. The molecule has 1 aromatic rings. The summed E-state index contributed by atoms with van der Waals surface area (Å²) in [6.07, 6.45) is 6.53. The molecule has 1 aliphatic heterocycles. The maximum Gasteiger partial charge on any atom is 0.0951 e. The fourth-order valence-electron chi connectivity index (χ4n) is 1.98. The summed E-state index contributed by atoms with van der Waals surface area (Å²) >= 11 is 0. The Kier molecular flexibility index (Phi) is 3.18. The number of aromatic nitrogens is 2. The van der Waals surface area contributed by atoms with E-state index < -0.39 is 0 Å². The highest BCUT2D eigenvalue weighted by Crippen LogP contribution is 2.26. The van der Waals surface area contributed by atoms with Crippen molar-refractivity contribution in [1.82, 2.24) is 9.55 Å². The second kappa shape index (κ2) is 4.59. The molecule has 0 saturated carbocycles. The topological polar surface area (TPSA) is 53.1 Å². The summed E-state index contributed by atoms with van der Waals surface area (Å²) in [5.41, 5.74) is 7.28. The summed E-state index contributed by atoms with van der Waals surface area (Å²) in [5.74, 6) is 0.422. The molecule has 4 nitrogen and oxygen atoms in total. The van der Waals surface area contributed by atoms with Gasteiger partial charge in [0.05, 0.1) is 24.7 Å². The zero-order chi connectivity index (χ0) is 10.7. The van der Waals surface area contributed by atoms with Crippen molar-refractivity contribution < 1.29 is 4.74 Å². The van der Waals surface area contributed by atoms with E-state index in [9.17, 15) is 0 Å². The Balaban J connectivity index is 2.12. The number of hydrogen-bond donors (Lipinski definition) is 1. The summed E-state index contributed by atoms with van der Waals surface area (Å²) in [6, 6.07) is 0.0231. The first-order chi connectivity index (χ1) is 7.33. The van der Waals surface area contributed by atoms with Crippen LogP contribution in [0.5, 0.6) is 0 Å². The lowest BCUT2D eigenvalue weighted by Gasteiger charge is -2.18. The minimum Gasteiger partial charge on any atom is -0.381 e. The van der Waals surface area contributed by atoms with Crippen molar-refractivity contribution in [3.8, 4) is 0 Å². The first-order valence-corrected chi connectivity index (χ1v) is 5.27. The van der Waals surface area contributed by atoms with Crippen molar-refractivity contribution in [1.29, 1.82) is 0 Å². The number of ether oxygens (including phenoxy) is 1. The number of imidazole rings is 1. The average Bonchev–Trinajstić information content (AvgIpc) is 2.87. The molecule has 2 unspecified atom stereocenters. The number of nitrogens with zero attached hydrogens (tertiary/aromatic N) is 2. The Morgan fingerprint density at radius 1 is 1.80 bits per heavy atom. The average molecular weight is 207 g/mol. The zero-order valence-electron chi connectivity index (χ0n) is 8.80. The molecule has 2 rings (SSSR count). The van der Waals surface area contributed by atoms with E-state index in [1.54, 1.807) is 6.33 Å². The highest BCUT2D eigenvalue weighted by Gasteiger charge is 2.25. The van der Waals surface area contributed by atoms with Crippen molar-refractivity contribution in [2.24, 2.45) is 11.7 Å². The van der Waals surface area contributed by atoms with E-state index in [1.807, 2.05) is 16.8 Å². The Bertz CT molecular complexity index is 328. The summed E-state index contributed by atoms with van der Waals surface area (Å²) in [5, 5.41) is 0. The predicted octanol–water partition coefficient (Wildman–Crippen LogP) is 1.11. The summed E-state index contributed by atoms with van der Waals surface area (Å²) in [6.45, 7) is 6.07. The summed E-state index contributed by atoms with van der Waals surface area (Å²) in [7, 11) is 0. The third-order valence-corrected chi connectivity index (χ3v) is 2.88. The first kappa shape index (κ1) is 10.4. The van der Waals surface area contributed by atoms with Crippen molar-refractivity contribution >= 4 is 0 Å². The van der Waals surface area contributed by atoms with Crippen LogP contribution < -0.4 is 5.73 Å². The second-order valence-electron chi connectivity index (χ2n) is 3.91. The highest BCUT2D eigenvalue weighted by atomic mass is 16.5. The molecule has 82 valence electrons. The molecule has 0 radical (unpaired) electrons. The molecule has 0 aliphatic carbocycles. The molecule has 0 bridgehead atoms. The van der Waals surface area contributed by atoms with Gasteiger partial charge in [-0.3, -0.25) is 0 Å². The van der Waals surface area contributed by atoms with E-state index >= 15 is 0 Å². The number of rotatable bonds is 4. The third-order valence-electron chi connectivity index (χ3n) is 2.88. The molecule has 2 heterocycles. The van der Waals surface area contributed by atoms with Crippen LogP contribution in [0.3, 0.4) is 0 Å². The monoisotopic (exact) mass is 207 g/mol. The number of hydrogen-bond acceptors (Lipinski definition) is 3. The highest BCUT2D eigenvalue weighted by molar-refractivity contribution is 5.07. The van der Waals surface area contributed by atoms with Crippen LogP contribution >= 0.6 is 0 Å². The van der Waals surface area contributed by atoms with E-state index in [2.05, 4.69) is 11.6 Å². The van der Waals surface area contributed by atoms with Crippen LogP contribution in [0.1, 0.15) is 18.2 Å². The Morgan fingerprint density at radius 3 is 3.33 bits per heavy atom. The van der Waals surface area contributed by atoms with Gasteiger partial charge in [0, 0.05) is 25.3 Å². The Labute approximate surface area is 89.7 Å². The van der Waals surface area contributed by atoms with Gasteiger partial charge in [0.1, 0.15) is 0 Å². The molecule has 1 aliphatic rings. The molecular weight excluding hydrogens is 190 g/mol. The third kappa shape index (κ3) is 2.11. The van der Waals surface area contributed by atoms with Crippen LogP contribution in [0.25, 0.3) is 0 Å². The van der Waals surface area contributed by atoms with Gasteiger partial charge in [-0.15, -0.1) is 6.58 Å². The van der Waals surface area contributed by atoms with Gasteiger partial charge in [-0.05, 0) is 6.42 Å². The maximum absolute atomic E-state index is 6.20. The normalized spacial score (nSPS) is 22.9. The SMILES string of the molecule is C=CCn1cncc1C(N)C1CCOC1. The van der Waals surface area contributed by atoms with E-state index in [0.29, 0.717) is 5.92 Å². The lowest BCUT2D eigenvalue weighted by atomic mass is 9.97. The molecule has 2 N–H and O–H groups in total. The zero-order valence-corrected chi connectivity index (χ0v) is 8.80. The van der Waals surface area contributed by atoms with Gasteiger partial charge in [-0.1, -0.05) is 6.08 Å². The molecular formula is C11H17N3O. The molecule has 2 atom stereocenters. The summed E-state index contributed by atoms with van der Waals surface area (Å²) in [4.78, 5) is 4.13. The van der Waals surface area contributed by atoms with Crippen LogP contribution in [0.4, 0.5) is 0 Å². The van der Waals surface area contributed by atoms with E-state index in [0.717, 1.165) is 31.9 Å². The largest absolute Gasteiger partial charge is 0.381 e. The molecule has 1 fully saturated rings. The van der Waals surface area contributed by atoms with Gasteiger partial charge in [0.25, 0.3) is 0 Å². The fraction of sp³-hybridized carbons (Fsp3) is 0.545. The van der Waals surface area contributed by atoms with Gasteiger partial charge < -0.3 is 15.0 Å². The van der Waals surface area contributed by atoms with Gasteiger partial charge in [-0.2, -0.15) is 0 Å². The van der Waals surface area contributed by atoms with Crippen molar-refractivity contribution in [3.63, 3.8) is 0 Å². The Morgan fingerprint density at radius 2 is 2.67 bits per heavy atom. The van der Waals surface area contributed by atoms with E-state index in [1.165, 1.54) is 0 Å². The van der Waals surface area contributed by atoms with Crippen molar-refractivity contribution in [3.05, 3.63) is 30.9 Å². The van der Waals surface area contributed by atoms with Gasteiger partial charge in [0.2, 0.25) is 0 Å². The van der Waals surface area contributed by atoms with Gasteiger partial charge in [0.15, 0.2) is 0 Å². The standard InChI is InChI=1S/C11H17N3O/c1-2-4-14-8-13-6-10(14)11(12)9-3-5-15-7-9/h2,6,8-9,11H,1,3-5,7,12H2. The number of allylic oxidation sites excluding steroid dienone is 1. The van der Waals surface area contributed by atoms with Crippen LogP contribution in [0, 0.1) is 5.92 Å². The quantitative estimate of drug-likeness (QED) is 0.752. The minimum atomic E-state index is 0.0231. The number of nitrogens with two attached hydrogens (primary N) is 1. The molecule has 0 aromatic carbocycles. The van der Waals surface area contributed by atoms with Gasteiger partial charge in [-0.25, -0.2) is 4.98 Å². The molecule has 0 amide bonds. The van der Waals surface area contributed by atoms with Crippen LogP contribution in [0.2, 0.25) is 0 Å². The predicted molar refractivity (Wildman–Crippen MR) is 58.3 cm³/mol. The minimum absolute atomic E-state index is 0.0231. The van der Waals surface area contributed by atoms with Crippen LogP contribution in [-0.2, 0) is 11.3 Å². The smallest absolute Gasteiger partial charge is 0.0951 e. The molecule has 1 saturated heterocycles. The molecule has 4 heteroatoms. The second-order valence-corrected chi connectivity index (χ2v) is 3.91. The fourth-order valence-corrected chi connectivity index (χ4v) is 1.98. The lowest BCUT2D eigenvalue weighted by molar-refractivity contribution is 0.180. The first-order valence-electron chi connectivity index (χ1n) is 5.27. The van der Waals surface area contributed by atoms with Crippen molar-refractivity contribution in [2.45, 2.75) is 19.0 Å². The summed E-state index contributed by atoms with van der Waals surface area (Å²) < 4.78 is 7.38. The molecule has 0 spiro atoms. The molecule has 15 heavy (non-hydrogen) atoms. The molecule has 1 aromatic heterocycles. The van der Waals surface area contributed by atoms with E-state index in [-0.39, 0.29) is 6.04 Å².